The number of aryl methyl sites for hydroxylation is 1. The second-order valence-corrected chi connectivity index (χ2v) is 9.95. The molecule has 2 heterocycles. The number of hydrogen-bond donors (Lipinski definition) is 2. The van der Waals surface area contributed by atoms with Gasteiger partial charge in [-0.3, -0.25) is 4.99 Å². The van der Waals surface area contributed by atoms with Gasteiger partial charge < -0.3 is 9.97 Å². The van der Waals surface area contributed by atoms with Gasteiger partial charge in [0.1, 0.15) is 17.5 Å². The van der Waals surface area contributed by atoms with E-state index in [4.69, 9.17) is 4.98 Å². The van der Waals surface area contributed by atoms with Gasteiger partial charge >= 0.3 is 0 Å². The van der Waals surface area contributed by atoms with Gasteiger partial charge in [-0.1, -0.05) is 52.5 Å². The van der Waals surface area contributed by atoms with Crippen LogP contribution in [0.25, 0.3) is 44.2 Å². The van der Waals surface area contributed by atoms with E-state index in [1.54, 1.807) is 12.3 Å². The van der Waals surface area contributed by atoms with E-state index in [2.05, 4.69) is 73.3 Å². The molecular weight excluding hydrogens is 461 g/mol. The number of fused-ring (bicyclic) bond motifs is 3. The van der Waals surface area contributed by atoms with Gasteiger partial charge in [-0.05, 0) is 53.6 Å². The topological polar surface area (TPSA) is 69.7 Å². The van der Waals surface area contributed by atoms with E-state index in [-0.39, 0.29) is 11.7 Å². The fraction of sp³-hybridized carbons (Fsp3) is 0.258. The van der Waals surface area contributed by atoms with Gasteiger partial charge in [-0.25, -0.2) is 14.4 Å². The summed E-state index contributed by atoms with van der Waals surface area (Å²) >= 11 is 0. The minimum Gasteiger partial charge on any atom is -0.342 e. The van der Waals surface area contributed by atoms with Gasteiger partial charge in [0.2, 0.25) is 0 Å². The number of nitrogens with one attached hydrogen (secondary N) is 2. The van der Waals surface area contributed by atoms with Crippen molar-refractivity contribution in [2.75, 3.05) is 0 Å². The molecule has 188 valence electrons. The molecule has 0 bridgehead atoms. The maximum atomic E-state index is 15.3. The Morgan fingerprint density at radius 1 is 1.03 bits per heavy atom. The summed E-state index contributed by atoms with van der Waals surface area (Å²) < 4.78 is 15.3. The maximum absolute atomic E-state index is 15.3. The summed E-state index contributed by atoms with van der Waals surface area (Å²) in [7, 11) is 0. The molecule has 0 fully saturated rings. The summed E-state index contributed by atoms with van der Waals surface area (Å²) in [5.41, 5.74) is 6.95. The zero-order valence-electron chi connectivity index (χ0n) is 22.0. The Balaban J connectivity index is 1.65. The zero-order valence-corrected chi connectivity index (χ0v) is 22.0. The second-order valence-electron chi connectivity index (χ2n) is 9.95. The Hall–Kier alpha value is -4.06. The molecule has 2 N–H and O–H groups in total. The summed E-state index contributed by atoms with van der Waals surface area (Å²) in [5.74, 6) is 2.13. The predicted octanol–water partition coefficient (Wildman–Crippen LogP) is 8.42. The molecule has 0 aliphatic rings. The van der Waals surface area contributed by atoms with Crippen LogP contribution in [-0.4, -0.2) is 26.2 Å². The summed E-state index contributed by atoms with van der Waals surface area (Å²) in [4.78, 5) is 20.5. The van der Waals surface area contributed by atoms with Crippen molar-refractivity contribution >= 4 is 28.0 Å². The molecule has 0 saturated heterocycles. The molecule has 3 aromatic carbocycles. The number of aliphatic imine (C=N–C) groups is 1. The molecule has 6 heteroatoms. The fourth-order valence-corrected chi connectivity index (χ4v) is 4.75. The van der Waals surface area contributed by atoms with Crippen LogP contribution in [-0.2, 0) is 0 Å². The summed E-state index contributed by atoms with van der Waals surface area (Å²) in [6.07, 6.45) is 6.06. The lowest BCUT2D eigenvalue weighted by molar-refractivity contribution is 0.631. The first kappa shape index (κ1) is 24.6. The van der Waals surface area contributed by atoms with Crippen LogP contribution >= 0.6 is 0 Å². The van der Waals surface area contributed by atoms with E-state index in [0.717, 1.165) is 62.1 Å². The summed E-state index contributed by atoms with van der Waals surface area (Å²) in [6, 6.07) is 11.6. The van der Waals surface area contributed by atoms with E-state index in [1.807, 2.05) is 24.4 Å². The van der Waals surface area contributed by atoms with Crippen LogP contribution in [0.3, 0.4) is 0 Å². The minimum atomic E-state index is -0.289. The van der Waals surface area contributed by atoms with E-state index in [1.165, 1.54) is 6.20 Å². The molecule has 37 heavy (non-hydrogen) atoms. The lowest BCUT2D eigenvalue weighted by Gasteiger charge is -2.11. The number of imidazole rings is 2. The van der Waals surface area contributed by atoms with Crippen LogP contribution in [0.15, 0.2) is 60.4 Å². The van der Waals surface area contributed by atoms with Crippen LogP contribution in [0.4, 0.5) is 4.39 Å². The highest BCUT2D eigenvalue weighted by atomic mass is 19.1. The van der Waals surface area contributed by atoms with E-state index >= 15 is 4.39 Å². The van der Waals surface area contributed by atoms with Crippen molar-refractivity contribution in [3.8, 4) is 22.4 Å². The number of rotatable bonds is 7. The Kier molecular flexibility index (Phi) is 6.50. The number of benzene rings is 3. The SMILES string of the molecule is C=C/N=C\c1c(C)c2nc(C(C)CC)[nH]c2c2ccc(-c3ccc(-c4cnc(C(C)C)[nH]4)c(F)c3)cc12. The third-order valence-electron chi connectivity index (χ3n) is 7.18. The van der Waals surface area contributed by atoms with Crippen LogP contribution in [0.5, 0.6) is 0 Å². The number of aromatic amines is 2. The molecular formula is C31H32FN5. The van der Waals surface area contributed by atoms with E-state index in [9.17, 15) is 0 Å². The molecule has 5 rings (SSSR count). The molecule has 0 spiro atoms. The highest BCUT2D eigenvalue weighted by molar-refractivity contribution is 6.14. The van der Waals surface area contributed by atoms with Crippen LogP contribution in [0.2, 0.25) is 0 Å². The highest BCUT2D eigenvalue weighted by Gasteiger charge is 2.18. The molecule has 1 unspecified atom stereocenters. The zero-order chi connectivity index (χ0) is 26.3. The first-order valence-corrected chi connectivity index (χ1v) is 12.8. The van der Waals surface area contributed by atoms with E-state index in [0.29, 0.717) is 17.2 Å². The average Bonchev–Trinajstić information content (AvgIpc) is 3.56. The molecule has 0 amide bonds. The number of hydrogen-bond acceptors (Lipinski definition) is 3. The van der Waals surface area contributed by atoms with Gasteiger partial charge in [0, 0.05) is 40.8 Å². The Bertz CT molecular complexity index is 1650. The van der Waals surface area contributed by atoms with Crippen molar-refractivity contribution in [2.24, 2.45) is 4.99 Å². The summed E-state index contributed by atoms with van der Waals surface area (Å²) in [6.45, 7) is 14.3. The van der Waals surface area contributed by atoms with Crippen molar-refractivity contribution in [2.45, 2.75) is 52.9 Å². The minimum absolute atomic E-state index is 0.249. The number of halogens is 1. The van der Waals surface area contributed by atoms with Gasteiger partial charge in [0.05, 0.1) is 22.9 Å². The third kappa shape index (κ3) is 4.37. The molecule has 2 aromatic heterocycles. The smallest absolute Gasteiger partial charge is 0.133 e. The molecule has 0 aliphatic carbocycles. The standard InChI is InChI=1S/C31H32FN5/c1-7-18(5)31-36-28-19(6)25(15-33-8-2)24-13-20(9-11-22(24)29(28)37-31)21-10-12-23(26(32)14-21)27-16-34-30(35-27)17(3)4/h8-18H,2,7H2,1,3-6H3,(H,34,35)(H,36,37)/b33-15-. The van der Waals surface area contributed by atoms with Gasteiger partial charge in [0.15, 0.2) is 0 Å². The van der Waals surface area contributed by atoms with E-state index < -0.39 is 0 Å². The van der Waals surface area contributed by atoms with Crippen molar-refractivity contribution in [3.63, 3.8) is 0 Å². The maximum Gasteiger partial charge on any atom is 0.133 e. The molecule has 0 saturated carbocycles. The van der Waals surface area contributed by atoms with Crippen LogP contribution in [0.1, 0.15) is 68.7 Å². The average molecular weight is 494 g/mol. The second kappa shape index (κ2) is 9.77. The van der Waals surface area contributed by atoms with Gasteiger partial charge in [-0.15, -0.1) is 0 Å². The lowest BCUT2D eigenvalue weighted by atomic mass is 9.94. The summed E-state index contributed by atoms with van der Waals surface area (Å²) in [5, 5.41) is 2.10. The highest BCUT2D eigenvalue weighted by Crippen LogP contribution is 2.36. The first-order valence-electron chi connectivity index (χ1n) is 12.8. The largest absolute Gasteiger partial charge is 0.342 e. The molecule has 5 aromatic rings. The molecule has 1 atom stereocenters. The van der Waals surface area contributed by atoms with Crippen molar-refractivity contribution in [3.05, 3.63) is 84.0 Å². The monoisotopic (exact) mass is 493 g/mol. The van der Waals surface area contributed by atoms with Gasteiger partial charge in [-0.2, -0.15) is 0 Å². The molecule has 0 radical (unpaired) electrons. The number of H-pyrrole nitrogens is 2. The first-order chi connectivity index (χ1) is 17.8. The van der Waals surface area contributed by atoms with Crippen molar-refractivity contribution in [1.82, 2.24) is 19.9 Å². The van der Waals surface area contributed by atoms with Crippen LogP contribution in [0, 0.1) is 12.7 Å². The Morgan fingerprint density at radius 3 is 2.46 bits per heavy atom. The quantitative estimate of drug-likeness (QED) is 0.223. The van der Waals surface area contributed by atoms with Crippen molar-refractivity contribution in [1.29, 1.82) is 0 Å². The normalized spacial score (nSPS) is 12.8. The number of nitrogens with zero attached hydrogens (tertiary/aromatic N) is 3. The van der Waals surface area contributed by atoms with Crippen LogP contribution < -0.4 is 0 Å². The predicted molar refractivity (Wildman–Crippen MR) is 152 cm³/mol. The van der Waals surface area contributed by atoms with Gasteiger partial charge in [0.25, 0.3) is 0 Å². The fourth-order valence-electron chi connectivity index (χ4n) is 4.75. The molecule has 0 aliphatic heterocycles. The van der Waals surface area contributed by atoms with Crippen molar-refractivity contribution < 1.29 is 4.39 Å². The Morgan fingerprint density at radius 2 is 1.78 bits per heavy atom. The Labute approximate surface area is 216 Å². The molecule has 5 nitrogen and oxygen atoms in total. The number of aromatic nitrogens is 4. The third-order valence-corrected chi connectivity index (χ3v) is 7.18. The lowest BCUT2D eigenvalue weighted by Crippen LogP contribution is -1.94.